The minimum atomic E-state index is -0.145. The van der Waals surface area contributed by atoms with E-state index in [1.807, 2.05) is 37.3 Å². The number of para-hydroxylation sites is 1. The van der Waals surface area contributed by atoms with Gasteiger partial charge in [0.2, 0.25) is 0 Å². The van der Waals surface area contributed by atoms with Crippen LogP contribution in [0, 0.1) is 0 Å². The Balaban J connectivity index is 1.59. The number of nitrogens with one attached hydrogen (secondary N) is 1. The summed E-state index contributed by atoms with van der Waals surface area (Å²) in [6.07, 6.45) is 0. The maximum atomic E-state index is 12.6. The van der Waals surface area contributed by atoms with Gasteiger partial charge in [0.1, 0.15) is 11.3 Å². The van der Waals surface area contributed by atoms with Crippen LogP contribution >= 0.6 is 0 Å². The Labute approximate surface area is 155 Å². The van der Waals surface area contributed by atoms with Gasteiger partial charge in [-0.2, -0.15) is 0 Å². The maximum absolute atomic E-state index is 12.6. The van der Waals surface area contributed by atoms with Gasteiger partial charge >= 0.3 is 6.03 Å². The molecule has 0 bridgehead atoms. The smallest absolute Gasteiger partial charge is 0.317 e. The van der Waals surface area contributed by atoms with E-state index in [2.05, 4.69) is 24.1 Å². The first-order valence-corrected chi connectivity index (χ1v) is 9.20. The van der Waals surface area contributed by atoms with Gasteiger partial charge in [-0.05, 0) is 32.9 Å². The molecule has 1 aromatic carbocycles. The second-order valence-corrected chi connectivity index (χ2v) is 7.54. The van der Waals surface area contributed by atoms with Crippen molar-refractivity contribution in [2.45, 2.75) is 32.4 Å². The number of rotatable bonds is 5. The van der Waals surface area contributed by atoms with Crippen molar-refractivity contribution in [3.05, 3.63) is 36.1 Å². The second-order valence-electron chi connectivity index (χ2n) is 7.54. The fourth-order valence-electron chi connectivity index (χ4n) is 3.27. The number of ether oxygens (including phenoxy) is 1. The molecule has 0 spiro atoms. The Morgan fingerprint density at radius 1 is 1.31 bits per heavy atom. The van der Waals surface area contributed by atoms with E-state index in [1.54, 1.807) is 11.9 Å². The van der Waals surface area contributed by atoms with Gasteiger partial charge in [0.05, 0.1) is 19.3 Å². The minimum Gasteiger partial charge on any atom is -0.459 e. The number of carbonyl (C=O) groups is 1. The molecule has 1 atom stereocenters. The summed E-state index contributed by atoms with van der Waals surface area (Å²) in [6, 6.07) is 9.65. The zero-order chi connectivity index (χ0) is 18.7. The second kappa shape index (κ2) is 7.68. The molecule has 0 aliphatic carbocycles. The summed E-state index contributed by atoms with van der Waals surface area (Å²) in [5.74, 6) is 0.788. The zero-order valence-corrected chi connectivity index (χ0v) is 16.1. The molecule has 2 amide bonds. The maximum Gasteiger partial charge on any atom is 0.317 e. The number of fused-ring (bicyclic) bond motifs is 1. The summed E-state index contributed by atoms with van der Waals surface area (Å²) in [5, 5.41) is 4.12. The van der Waals surface area contributed by atoms with Gasteiger partial charge in [-0.15, -0.1) is 0 Å². The van der Waals surface area contributed by atoms with Crippen LogP contribution in [0.1, 0.15) is 32.6 Å². The topological polar surface area (TPSA) is 58.0 Å². The lowest BCUT2D eigenvalue weighted by molar-refractivity contribution is -0.00908. The highest BCUT2D eigenvalue weighted by molar-refractivity contribution is 5.78. The van der Waals surface area contributed by atoms with Crippen molar-refractivity contribution in [3.8, 4) is 0 Å². The Bertz CT molecular complexity index is 717. The average Bonchev–Trinajstić information content (AvgIpc) is 3.10. The van der Waals surface area contributed by atoms with Gasteiger partial charge in [-0.3, -0.25) is 4.90 Å². The Hall–Kier alpha value is -2.05. The average molecular weight is 359 g/mol. The number of amides is 2. The van der Waals surface area contributed by atoms with Gasteiger partial charge in [0, 0.05) is 37.6 Å². The molecule has 1 aliphatic rings. The van der Waals surface area contributed by atoms with Crippen molar-refractivity contribution in [1.82, 2.24) is 15.1 Å². The Morgan fingerprint density at radius 2 is 2.00 bits per heavy atom. The van der Waals surface area contributed by atoms with Crippen LogP contribution in [0.2, 0.25) is 0 Å². The molecule has 26 heavy (non-hydrogen) atoms. The van der Waals surface area contributed by atoms with Gasteiger partial charge in [-0.1, -0.05) is 18.2 Å². The van der Waals surface area contributed by atoms with E-state index in [4.69, 9.17) is 9.15 Å². The summed E-state index contributed by atoms with van der Waals surface area (Å²) in [5.41, 5.74) is 0.736. The zero-order valence-electron chi connectivity index (χ0n) is 16.1. The first kappa shape index (κ1) is 18.7. The van der Waals surface area contributed by atoms with E-state index in [1.165, 1.54) is 0 Å². The van der Waals surface area contributed by atoms with Gasteiger partial charge < -0.3 is 19.4 Å². The number of carbonyl (C=O) groups excluding carboxylic acids is 1. The largest absolute Gasteiger partial charge is 0.459 e. The fourth-order valence-corrected chi connectivity index (χ4v) is 3.27. The summed E-state index contributed by atoms with van der Waals surface area (Å²) in [6.45, 7) is 10.2. The van der Waals surface area contributed by atoms with Crippen LogP contribution in [-0.2, 0) is 4.74 Å². The van der Waals surface area contributed by atoms with Crippen LogP contribution in [0.4, 0.5) is 4.79 Å². The van der Waals surface area contributed by atoms with Crippen molar-refractivity contribution in [3.63, 3.8) is 0 Å². The number of urea groups is 1. The number of nitrogens with zero attached hydrogens (tertiary/aromatic N) is 2. The molecule has 1 unspecified atom stereocenters. The molecule has 0 radical (unpaired) electrons. The standard InChI is InChI=1S/C20H29N3O3/c1-15(18-13-16-7-5-6-8-17(16)26-18)22(4)19(24)21-14-20(2,3)23-9-11-25-12-10-23/h5-8,13,15H,9-12,14H2,1-4H3,(H,21,24). The van der Waals surface area contributed by atoms with Crippen LogP contribution < -0.4 is 5.32 Å². The summed E-state index contributed by atoms with van der Waals surface area (Å²) >= 11 is 0. The number of hydrogen-bond acceptors (Lipinski definition) is 4. The van der Waals surface area contributed by atoms with Crippen LogP contribution in [0.15, 0.2) is 34.7 Å². The third-order valence-corrected chi connectivity index (χ3v) is 5.30. The fraction of sp³-hybridized carbons (Fsp3) is 0.550. The lowest BCUT2D eigenvalue weighted by Gasteiger charge is -2.41. The van der Waals surface area contributed by atoms with Crippen molar-refractivity contribution in [2.75, 3.05) is 39.9 Å². The van der Waals surface area contributed by atoms with E-state index in [-0.39, 0.29) is 17.6 Å². The number of furan rings is 1. The van der Waals surface area contributed by atoms with Gasteiger partial charge in [0.25, 0.3) is 0 Å². The predicted octanol–water partition coefficient (Wildman–Crippen LogP) is 3.25. The van der Waals surface area contributed by atoms with E-state index in [9.17, 15) is 4.79 Å². The summed E-state index contributed by atoms with van der Waals surface area (Å²) in [7, 11) is 1.80. The molecular formula is C20H29N3O3. The first-order chi connectivity index (χ1) is 12.4. The SMILES string of the molecule is CC(c1cc2ccccc2o1)N(C)C(=O)NCC(C)(C)N1CCOCC1. The first-order valence-electron chi connectivity index (χ1n) is 9.20. The van der Waals surface area contributed by atoms with E-state index >= 15 is 0 Å². The molecule has 1 aromatic heterocycles. The lowest BCUT2D eigenvalue weighted by Crippen LogP contribution is -2.56. The molecule has 2 aromatic rings. The molecule has 3 rings (SSSR count). The summed E-state index contributed by atoms with van der Waals surface area (Å²) in [4.78, 5) is 16.7. The van der Waals surface area contributed by atoms with Crippen molar-refractivity contribution in [2.24, 2.45) is 0 Å². The van der Waals surface area contributed by atoms with Gasteiger partial charge in [0.15, 0.2) is 0 Å². The highest BCUT2D eigenvalue weighted by atomic mass is 16.5. The molecule has 2 heterocycles. The number of hydrogen-bond donors (Lipinski definition) is 1. The van der Waals surface area contributed by atoms with Crippen molar-refractivity contribution in [1.29, 1.82) is 0 Å². The molecule has 6 heteroatoms. The van der Waals surface area contributed by atoms with Crippen molar-refractivity contribution >= 4 is 17.0 Å². The molecular weight excluding hydrogens is 330 g/mol. The van der Waals surface area contributed by atoms with Crippen LogP contribution in [0.3, 0.4) is 0 Å². The minimum absolute atomic E-state index is 0.0979. The summed E-state index contributed by atoms with van der Waals surface area (Å²) < 4.78 is 11.3. The number of benzene rings is 1. The third kappa shape index (κ3) is 4.02. The van der Waals surface area contributed by atoms with Crippen LogP contribution in [0.25, 0.3) is 11.0 Å². The molecule has 1 saturated heterocycles. The highest BCUT2D eigenvalue weighted by Crippen LogP contribution is 2.26. The quantitative estimate of drug-likeness (QED) is 0.890. The third-order valence-electron chi connectivity index (χ3n) is 5.30. The monoisotopic (exact) mass is 359 g/mol. The molecule has 6 nitrogen and oxygen atoms in total. The molecule has 0 saturated carbocycles. The predicted molar refractivity (Wildman–Crippen MR) is 102 cm³/mol. The molecule has 1 fully saturated rings. The van der Waals surface area contributed by atoms with Crippen LogP contribution in [-0.4, -0.2) is 61.3 Å². The van der Waals surface area contributed by atoms with Gasteiger partial charge in [-0.25, -0.2) is 4.79 Å². The van der Waals surface area contributed by atoms with E-state index < -0.39 is 0 Å². The van der Waals surface area contributed by atoms with E-state index in [0.29, 0.717) is 6.54 Å². The highest BCUT2D eigenvalue weighted by Gasteiger charge is 2.29. The molecule has 1 aliphatic heterocycles. The Kier molecular flexibility index (Phi) is 5.53. The number of morpholine rings is 1. The van der Waals surface area contributed by atoms with Crippen molar-refractivity contribution < 1.29 is 13.9 Å². The molecule has 1 N–H and O–H groups in total. The Morgan fingerprint density at radius 3 is 2.69 bits per heavy atom. The lowest BCUT2D eigenvalue weighted by atomic mass is 10.0. The normalized spacial score (nSPS) is 17.2. The molecule has 142 valence electrons. The van der Waals surface area contributed by atoms with E-state index in [0.717, 1.165) is 43.0 Å². The van der Waals surface area contributed by atoms with Crippen LogP contribution in [0.5, 0.6) is 0 Å².